The zero-order chi connectivity index (χ0) is 23.8. The molecular weight excluding hydrogens is 432 g/mol. The van der Waals surface area contributed by atoms with Gasteiger partial charge in [0, 0.05) is 30.0 Å². The molecule has 1 aromatic carbocycles. The van der Waals surface area contributed by atoms with Gasteiger partial charge in [0.2, 0.25) is 0 Å². The molecule has 4 heterocycles. The second-order valence-corrected chi connectivity index (χ2v) is 8.23. The molecule has 0 aliphatic heterocycles. The average Bonchev–Trinajstić information content (AvgIpc) is 3.52. The number of carbonyl (C=O) groups is 1. The van der Waals surface area contributed by atoms with Gasteiger partial charge in [0.1, 0.15) is 34.9 Å². The second kappa shape index (κ2) is 8.49. The minimum Gasteiger partial charge on any atom is -0.462 e. The van der Waals surface area contributed by atoms with Crippen LogP contribution in [0.5, 0.6) is 0 Å². The first kappa shape index (κ1) is 21.4. The fourth-order valence-electron chi connectivity index (χ4n) is 3.86. The van der Waals surface area contributed by atoms with Crippen LogP contribution in [0.15, 0.2) is 65.7 Å². The molecule has 0 saturated heterocycles. The summed E-state index contributed by atoms with van der Waals surface area (Å²) in [7, 11) is 4.00. The van der Waals surface area contributed by atoms with E-state index in [1.54, 1.807) is 24.5 Å². The number of anilines is 2. The summed E-state index contributed by atoms with van der Waals surface area (Å²) in [5.74, 6) is 0.938. The molecular formula is C24H24N8O2. The first-order valence-corrected chi connectivity index (χ1v) is 10.7. The third-order valence-electron chi connectivity index (χ3n) is 5.37. The van der Waals surface area contributed by atoms with Crippen LogP contribution in [0.2, 0.25) is 0 Å². The molecule has 0 unspecified atom stereocenters. The summed E-state index contributed by atoms with van der Waals surface area (Å²) < 4.78 is 9.16. The molecule has 0 radical (unpaired) electrons. The lowest BCUT2D eigenvalue weighted by Gasteiger charge is -2.13. The number of amides is 1. The molecule has 0 bridgehead atoms. The number of rotatable bonds is 6. The second-order valence-electron chi connectivity index (χ2n) is 8.23. The van der Waals surface area contributed by atoms with Gasteiger partial charge < -0.3 is 24.9 Å². The van der Waals surface area contributed by atoms with E-state index in [-0.39, 0.29) is 5.91 Å². The van der Waals surface area contributed by atoms with Crippen molar-refractivity contribution in [2.24, 2.45) is 0 Å². The van der Waals surface area contributed by atoms with Crippen LogP contribution in [0, 0.1) is 6.92 Å². The van der Waals surface area contributed by atoms with Gasteiger partial charge in [0.25, 0.3) is 5.91 Å². The highest BCUT2D eigenvalue weighted by Crippen LogP contribution is 2.29. The van der Waals surface area contributed by atoms with Crippen LogP contribution in [0.25, 0.3) is 22.3 Å². The van der Waals surface area contributed by atoms with Gasteiger partial charge in [-0.2, -0.15) is 5.10 Å². The molecule has 0 atom stereocenters. The molecule has 3 N–H and O–H groups in total. The Morgan fingerprint density at radius 1 is 1.15 bits per heavy atom. The number of aryl methyl sites for hydroxylation is 1. The van der Waals surface area contributed by atoms with Crippen LogP contribution >= 0.6 is 0 Å². The molecule has 0 aliphatic carbocycles. The minimum absolute atomic E-state index is 0.305. The number of hydrogen-bond acceptors (Lipinski definition) is 7. The molecule has 1 amide bonds. The van der Waals surface area contributed by atoms with Crippen molar-refractivity contribution in [1.82, 2.24) is 29.2 Å². The summed E-state index contributed by atoms with van der Waals surface area (Å²) in [6.45, 7) is 2.54. The third-order valence-corrected chi connectivity index (χ3v) is 5.37. The highest BCUT2D eigenvalue weighted by atomic mass is 16.3. The Hall–Kier alpha value is -4.44. The Bertz CT molecular complexity index is 1480. The van der Waals surface area contributed by atoms with Crippen molar-refractivity contribution in [2.45, 2.75) is 13.5 Å². The van der Waals surface area contributed by atoms with Gasteiger partial charge in [-0.05, 0) is 57.4 Å². The monoisotopic (exact) mass is 456 g/mol. The van der Waals surface area contributed by atoms with E-state index in [4.69, 9.17) is 10.2 Å². The number of benzene rings is 1. The molecule has 10 nitrogen and oxygen atoms in total. The quantitative estimate of drug-likeness (QED) is 0.402. The average molecular weight is 457 g/mol. The van der Waals surface area contributed by atoms with Crippen LogP contribution in [-0.2, 0) is 6.54 Å². The zero-order valence-corrected chi connectivity index (χ0v) is 19.1. The van der Waals surface area contributed by atoms with Gasteiger partial charge in [-0.15, -0.1) is 0 Å². The molecule has 5 aromatic rings. The topological polar surface area (TPSA) is 120 Å². The minimum atomic E-state index is -0.305. The Kier molecular flexibility index (Phi) is 5.34. The lowest BCUT2D eigenvalue weighted by molar-refractivity contribution is 0.101. The van der Waals surface area contributed by atoms with Crippen molar-refractivity contribution in [3.05, 3.63) is 78.5 Å². The van der Waals surface area contributed by atoms with Gasteiger partial charge in [0.05, 0.1) is 17.6 Å². The number of pyridine rings is 1. The van der Waals surface area contributed by atoms with Gasteiger partial charge >= 0.3 is 0 Å². The van der Waals surface area contributed by atoms with Crippen molar-refractivity contribution >= 4 is 28.4 Å². The number of imidazole rings is 1. The van der Waals surface area contributed by atoms with Crippen molar-refractivity contribution in [1.29, 1.82) is 0 Å². The number of furan rings is 1. The number of aromatic nitrogens is 5. The summed E-state index contributed by atoms with van der Waals surface area (Å²) >= 11 is 0. The molecule has 0 aliphatic rings. The van der Waals surface area contributed by atoms with E-state index in [2.05, 4.69) is 25.3 Å². The normalized spacial score (nSPS) is 11.4. The largest absolute Gasteiger partial charge is 0.462 e. The smallest absolute Gasteiger partial charge is 0.274 e. The van der Waals surface area contributed by atoms with E-state index in [0.29, 0.717) is 39.5 Å². The number of nitrogens with two attached hydrogens (primary N) is 1. The van der Waals surface area contributed by atoms with Gasteiger partial charge in [0.15, 0.2) is 0 Å². The summed E-state index contributed by atoms with van der Waals surface area (Å²) in [5.41, 5.74) is 9.86. The van der Waals surface area contributed by atoms with Gasteiger partial charge in [-0.1, -0.05) is 0 Å². The lowest BCUT2D eigenvalue weighted by atomic mass is 10.2. The van der Waals surface area contributed by atoms with E-state index in [1.807, 2.05) is 56.0 Å². The Labute approximate surface area is 195 Å². The van der Waals surface area contributed by atoms with Gasteiger partial charge in [-0.3, -0.25) is 4.79 Å². The van der Waals surface area contributed by atoms with E-state index in [9.17, 15) is 4.79 Å². The van der Waals surface area contributed by atoms with Crippen molar-refractivity contribution in [3.8, 4) is 11.4 Å². The van der Waals surface area contributed by atoms with E-state index >= 15 is 0 Å². The van der Waals surface area contributed by atoms with E-state index in [0.717, 1.165) is 18.1 Å². The Morgan fingerprint density at radius 2 is 1.94 bits per heavy atom. The summed E-state index contributed by atoms with van der Waals surface area (Å²) in [6, 6.07) is 11.0. The van der Waals surface area contributed by atoms with Crippen LogP contribution in [0.3, 0.4) is 0 Å². The number of nitrogens with one attached hydrogen (secondary N) is 1. The lowest BCUT2D eigenvalue weighted by Crippen LogP contribution is -2.17. The maximum Gasteiger partial charge on any atom is 0.274 e. The Balaban J connectivity index is 1.41. The standard InChI is InChI=1S/C24H24N8O2/c1-15-12-18(32(29-15)19-14-34-20-8-9-27-23(25)22(19)20)24(33)28-16-4-6-17(7-5-16)31-11-10-26-21(31)13-30(2)3/h4-12,14H,13H2,1-3H3,(H2,25,27)(H,28,33). The van der Waals surface area contributed by atoms with Crippen LogP contribution in [0.1, 0.15) is 22.0 Å². The van der Waals surface area contributed by atoms with Gasteiger partial charge in [-0.25, -0.2) is 14.6 Å². The molecule has 4 aromatic heterocycles. The first-order chi connectivity index (χ1) is 16.4. The first-order valence-electron chi connectivity index (χ1n) is 10.7. The number of fused-ring (bicyclic) bond motifs is 1. The highest BCUT2D eigenvalue weighted by Gasteiger charge is 2.20. The van der Waals surface area contributed by atoms with Crippen molar-refractivity contribution < 1.29 is 9.21 Å². The fraction of sp³-hybridized carbons (Fsp3) is 0.167. The van der Waals surface area contributed by atoms with Crippen molar-refractivity contribution in [2.75, 3.05) is 25.1 Å². The van der Waals surface area contributed by atoms with E-state index in [1.165, 1.54) is 10.9 Å². The maximum absolute atomic E-state index is 13.2. The molecule has 172 valence electrons. The third kappa shape index (κ3) is 3.90. The van der Waals surface area contributed by atoms with Crippen molar-refractivity contribution in [3.63, 3.8) is 0 Å². The molecule has 34 heavy (non-hydrogen) atoms. The molecule has 0 saturated carbocycles. The van der Waals surface area contributed by atoms with Crippen LogP contribution in [0.4, 0.5) is 11.5 Å². The predicted octanol–water partition coefficient (Wildman–Crippen LogP) is 3.40. The number of hydrogen-bond donors (Lipinski definition) is 2. The number of nitrogens with zero attached hydrogens (tertiary/aromatic N) is 6. The Morgan fingerprint density at radius 3 is 2.71 bits per heavy atom. The van der Waals surface area contributed by atoms with E-state index < -0.39 is 0 Å². The number of nitrogen functional groups attached to an aromatic ring is 1. The molecule has 5 rings (SSSR count). The highest BCUT2D eigenvalue weighted by molar-refractivity contribution is 6.04. The summed E-state index contributed by atoms with van der Waals surface area (Å²) in [6.07, 6.45) is 6.80. The molecule has 0 spiro atoms. The van der Waals surface area contributed by atoms with Crippen LogP contribution < -0.4 is 11.1 Å². The summed E-state index contributed by atoms with van der Waals surface area (Å²) in [5, 5.41) is 8.04. The number of carbonyl (C=O) groups excluding carboxylic acids is 1. The SMILES string of the molecule is Cc1cc(C(=O)Nc2ccc(-n3ccnc3CN(C)C)cc2)n(-c2coc3ccnc(N)c23)n1. The summed E-state index contributed by atoms with van der Waals surface area (Å²) in [4.78, 5) is 23.8. The molecule has 0 fully saturated rings. The fourth-order valence-corrected chi connectivity index (χ4v) is 3.86. The molecule has 10 heteroatoms. The van der Waals surface area contributed by atoms with Crippen LogP contribution in [-0.4, -0.2) is 49.2 Å². The zero-order valence-electron chi connectivity index (χ0n) is 19.1. The predicted molar refractivity (Wildman–Crippen MR) is 129 cm³/mol. The maximum atomic E-state index is 13.2.